The zero-order valence-electron chi connectivity index (χ0n) is 16.2. The standard InChI is InChI=1S/C15H39BO3Si3/c1-9-21(10-2,11-3)15(20(7,8)19-16(17)18)22(12-4,13-5)14-6/h15,17-18H,9-14H2,1-8H3. The Morgan fingerprint density at radius 2 is 1.00 bits per heavy atom. The molecule has 0 saturated heterocycles. The van der Waals surface area contributed by atoms with Crippen molar-refractivity contribution in [2.45, 2.75) is 95.7 Å². The van der Waals surface area contributed by atoms with Crippen LogP contribution in [0.3, 0.4) is 0 Å². The minimum Gasteiger partial charge on any atom is -0.429 e. The van der Waals surface area contributed by atoms with Crippen molar-refractivity contribution in [3.63, 3.8) is 0 Å². The van der Waals surface area contributed by atoms with Crippen LogP contribution in [0.15, 0.2) is 0 Å². The van der Waals surface area contributed by atoms with Gasteiger partial charge in [-0.1, -0.05) is 77.8 Å². The number of hydrogen-bond acceptors (Lipinski definition) is 3. The second-order valence-corrected chi connectivity index (χ2v) is 23.9. The summed E-state index contributed by atoms with van der Waals surface area (Å²) in [5, 5.41) is 19.0. The third-order valence-electron chi connectivity index (χ3n) is 6.55. The molecule has 0 aliphatic carbocycles. The number of rotatable bonds is 11. The molecule has 0 aromatic heterocycles. The van der Waals surface area contributed by atoms with E-state index in [4.69, 9.17) is 4.34 Å². The van der Waals surface area contributed by atoms with Crippen LogP contribution in [0.25, 0.3) is 0 Å². The monoisotopic (exact) mass is 362 g/mol. The van der Waals surface area contributed by atoms with E-state index in [1.807, 2.05) is 0 Å². The summed E-state index contributed by atoms with van der Waals surface area (Å²) in [6, 6.07) is 7.75. The maximum Gasteiger partial charge on any atom is 0.622 e. The molecule has 0 saturated carbocycles. The predicted octanol–water partition coefficient (Wildman–Crippen LogP) is 4.64. The minimum absolute atomic E-state index is 0.689. The first-order valence-electron chi connectivity index (χ1n) is 9.19. The van der Waals surface area contributed by atoms with E-state index < -0.39 is 31.8 Å². The molecule has 0 spiro atoms. The maximum atomic E-state index is 9.50. The molecule has 0 heterocycles. The molecule has 0 aromatic carbocycles. The fourth-order valence-corrected chi connectivity index (χ4v) is 36.1. The average molecular weight is 363 g/mol. The molecule has 0 bridgehead atoms. The van der Waals surface area contributed by atoms with Crippen molar-refractivity contribution >= 4 is 31.8 Å². The smallest absolute Gasteiger partial charge is 0.429 e. The van der Waals surface area contributed by atoms with E-state index >= 15 is 0 Å². The van der Waals surface area contributed by atoms with Crippen molar-refractivity contribution in [2.75, 3.05) is 0 Å². The van der Waals surface area contributed by atoms with Crippen molar-refractivity contribution in [1.82, 2.24) is 0 Å². The van der Waals surface area contributed by atoms with Gasteiger partial charge in [0.15, 0.2) is 8.32 Å². The Labute approximate surface area is 142 Å². The van der Waals surface area contributed by atoms with Crippen LogP contribution in [0.5, 0.6) is 0 Å². The Kier molecular flexibility index (Phi) is 9.42. The first kappa shape index (κ1) is 22.6. The normalized spacial score (nSPS) is 13.8. The first-order valence-corrected chi connectivity index (χ1v) is 17.6. The van der Waals surface area contributed by atoms with Gasteiger partial charge in [0, 0.05) is 0 Å². The SMILES string of the molecule is CC[Si](CC)(CC)C([Si](CC)(CC)CC)[Si](C)(C)OB(O)O. The summed E-state index contributed by atoms with van der Waals surface area (Å²) in [5.41, 5.74) is 0. The minimum atomic E-state index is -2.17. The van der Waals surface area contributed by atoms with E-state index in [2.05, 4.69) is 54.6 Å². The molecule has 22 heavy (non-hydrogen) atoms. The summed E-state index contributed by atoms with van der Waals surface area (Å²) >= 11 is 0. The molecule has 0 radical (unpaired) electrons. The molecule has 0 amide bonds. The van der Waals surface area contributed by atoms with Crippen LogP contribution < -0.4 is 0 Å². The van der Waals surface area contributed by atoms with E-state index in [0.29, 0.717) is 4.79 Å². The number of hydrogen-bond donors (Lipinski definition) is 2. The highest BCUT2D eigenvalue weighted by Crippen LogP contribution is 2.50. The highest BCUT2D eigenvalue weighted by atomic mass is 28.5. The lowest BCUT2D eigenvalue weighted by atomic mass is 10.3. The molecule has 0 aliphatic heterocycles. The van der Waals surface area contributed by atoms with Crippen molar-refractivity contribution in [2.24, 2.45) is 0 Å². The van der Waals surface area contributed by atoms with Crippen LogP contribution in [0, 0.1) is 0 Å². The van der Waals surface area contributed by atoms with Gasteiger partial charge in [0.25, 0.3) is 0 Å². The summed E-state index contributed by atoms with van der Waals surface area (Å²) in [6.45, 7) is 18.7. The Balaban J connectivity index is 6.19. The van der Waals surface area contributed by atoms with E-state index in [-0.39, 0.29) is 0 Å². The van der Waals surface area contributed by atoms with Gasteiger partial charge in [0.2, 0.25) is 0 Å². The maximum absolute atomic E-state index is 9.50. The van der Waals surface area contributed by atoms with E-state index in [9.17, 15) is 10.0 Å². The van der Waals surface area contributed by atoms with Gasteiger partial charge in [0.1, 0.15) is 0 Å². The predicted molar refractivity (Wildman–Crippen MR) is 107 cm³/mol. The Morgan fingerprint density at radius 3 is 1.18 bits per heavy atom. The highest BCUT2D eigenvalue weighted by Gasteiger charge is 2.57. The molecule has 0 unspecified atom stereocenters. The molecule has 0 aliphatic rings. The topological polar surface area (TPSA) is 49.7 Å². The molecule has 0 fully saturated rings. The van der Waals surface area contributed by atoms with Crippen LogP contribution in [-0.2, 0) is 4.34 Å². The quantitative estimate of drug-likeness (QED) is 0.526. The fraction of sp³-hybridized carbons (Fsp3) is 1.00. The van der Waals surface area contributed by atoms with Crippen molar-refractivity contribution in [3.8, 4) is 0 Å². The second-order valence-electron chi connectivity index (χ2n) is 7.33. The zero-order valence-corrected chi connectivity index (χ0v) is 19.2. The van der Waals surface area contributed by atoms with Gasteiger partial charge in [-0.05, 0) is 17.9 Å². The van der Waals surface area contributed by atoms with Crippen molar-refractivity contribution in [3.05, 3.63) is 0 Å². The summed E-state index contributed by atoms with van der Waals surface area (Å²) in [5.74, 6) is 0. The summed E-state index contributed by atoms with van der Waals surface area (Å²) in [6.07, 6.45) is 0. The third kappa shape index (κ3) is 4.57. The molecule has 0 atom stereocenters. The van der Waals surface area contributed by atoms with Crippen LogP contribution in [0.2, 0.25) is 54.1 Å². The van der Waals surface area contributed by atoms with Gasteiger partial charge in [-0.2, -0.15) is 0 Å². The molecule has 3 nitrogen and oxygen atoms in total. The van der Waals surface area contributed by atoms with Gasteiger partial charge in [-0.3, -0.25) is 0 Å². The highest BCUT2D eigenvalue weighted by molar-refractivity contribution is 7.13. The van der Waals surface area contributed by atoms with E-state index in [1.165, 1.54) is 36.3 Å². The zero-order chi connectivity index (χ0) is 17.6. The largest absolute Gasteiger partial charge is 0.622 e. The fourth-order valence-electron chi connectivity index (χ4n) is 5.19. The van der Waals surface area contributed by atoms with Crippen LogP contribution >= 0.6 is 0 Å². The Morgan fingerprint density at radius 1 is 0.727 bits per heavy atom. The molecule has 7 heteroatoms. The molecule has 2 N–H and O–H groups in total. The van der Waals surface area contributed by atoms with Crippen molar-refractivity contribution < 1.29 is 14.4 Å². The molecular weight excluding hydrogens is 323 g/mol. The lowest BCUT2D eigenvalue weighted by Gasteiger charge is -2.54. The van der Waals surface area contributed by atoms with Gasteiger partial charge < -0.3 is 14.4 Å². The lowest BCUT2D eigenvalue weighted by Crippen LogP contribution is -2.64. The molecule has 0 aromatic rings. The van der Waals surface area contributed by atoms with E-state index in [1.54, 1.807) is 0 Å². The second kappa shape index (κ2) is 9.18. The van der Waals surface area contributed by atoms with Crippen LogP contribution in [0.1, 0.15) is 41.5 Å². The summed E-state index contributed by atoms with van der Waals surface area (Å²) < 4.78 is 5.84. The summed E-state index contributed by atoms with van der Waals surface area (Å²) in [7, 11) is -6.72. The van der Waals surface area contributed by atoms with Crippen LogP contribution in [0.4, 0.5) is 0 Å². The third-order valence-corrected chi connectivity index (χ3v) is 31.2. The molecule has 132 valence electrons. The molecule has 0 rings (SSSR count). The van der Waals surface area contributed by atoms with Crippen LogP contribution in [-0.4, -0.2) is 41.8 Å². The molecular formula is C15H39BO3Si3. The Hall–Kier alpha value is 0.596. The van der Waals surface area contributed by atoms with Crippen molar-refractivity contribution in [1.29, 1.82) is 0 Å². The van der Waals surface area contributed by atoms with Gasteiger partial charge in [-0.25, -0.2) is 0 Å². The summed E-state index contributed by atoms with van der Waals surface area (Å²) in [4.78, 5) is 0.689. The first-order chi connectivity index (χ1) is 10.1. The van der Waals surface area contributed by atoms with Gasteiger partial charge in [0.05, 0.1) is 16.1 Å². The van der Waals surface area contributed by atoms with Gasteiger partial charge in [-0.15, -0.1) is 0 Å². The lowest BCUT2D eigenvalue weighted by molar-refractivity contribution is 0.284. The van der Waals surface area contributed by atoms with Gasteiger partial charge >= 0.3 is 7.32 Å². The van der Waals surface area contributed by atoms with E-state index in [0.717, 1.165) is 0 Å². The Bertz CT molecular complexity index is 283. The average Bonchev–Trinajstić information content (AvgIpc) is 2.48.